The van der Waals surface area contributed by atoms with E-state index < -0.39 is 0 Å². The van der Waals surface area contributed by atoms with E-state index >= 15 is 0 Å². The number of ether oxygens (including phenoxy) is 2. The topological polar surface area (TPSA) is 73.6 Å². The van der Waals surface area contributed by atoms with Crippen molar-refractivity contribution in [3.8, 4) is 22.3 Å². The molecule has 0 aliphatic carbocycles. The Hall–Kier alpha value is -2.51. The fourth-order valence-electron chi connectivity index (χ4n) is 2.36. The van der Waals surface area contributed by atoms with Gasteiger partial charge in [0, 0.05) is 23.9 Å². The second kappa shape index (κ2) is 6.78. The fourth-order valence-corrected chi connectivity index (χ4v) is 3.32. The van der Waals surface area contributed by atoms with Crippen molar-refractivity contribution >= 4 is 34.5 Å². The van der Waals surface area contributed by atoms with Crippen LogP contribution in [0.2, 0.25) is 5.02 Å². The van der Waals surface area contributed by atoms with Crippen molar-refractivity contribution < 1.29 is 18.7 Å². The van der Waals surface area contributed by atoms with Crippen LogP contribution in [-0.4, -0.2) is 24.1 Å². The molecule has 1 amide bonds. The fraction of sp³-hybridized carbons (Fsp3) is 0.176. The van der Waals surface area contributed by atoms with Crippen molar-refractivity contribution in [1.82, 2.24) is 4.98 Å². The summed E-state index contributed by atoms with van der Waals surface area (Å²) in [7, 11) is 0. The Labute approximate surface area is 152 Å². The Morgan fingerprint density at radius 2 is 2.04 bits per heavy atom. The molecule has 128 valence electrons. The van der Waals surface area contributed by atoms with Gasteiger partial charge in [0.15, 0.2) is 22.3 Å². The quantitative estimate of drug-likeness (QED) is 0.730. The van der Waals surface area contributed by atoms with Gasteiger partial charge in [0.2, 0.25) is 0 Å². The molecule has 2 aromatic heterocycles. The van der Waals surface area contributed by atoms with E-state index in [1.165, 1.54) is 11.3 Å². The molecule has 4 rings (SSSR count). The van der Waals surface area contributed by atoms with Crippen molar-refractivity contribution in [3.05, 3.63) is 46.6 Å². The summed E-state index contributed by atoms with van der Waals surface area (Å²) in [6.45, 7) is 1.13. The first-order valence-corrected chi connectivity index (χ1v) is 8.86. The van der Waals surface area contributed by atoms with E-state index in [2.05, 4.69) is 10.3 Å². The molecule has 0 saturated carbocycles. The van der Waals surface area contributed by atoms with Gasteiger partial charge in [0.05, 0.1) is 30.2 Å². The maximum atomic E-state index is 12.5. The summed E-state index contributed by atoms with van der Waals surface area (Å²) in [5.41, 5.74) is 0.739. The molecule has 0 saturated heterocycles. The van der Waals surface area contributed by atoms with Gasteiger partial charge in [-0.3, -0.25) is 4.79 Å². The summed E-state index contributed by atoms with van der Waals surface area (Å²) < 4.78 is 16.5. The average Bonchev–Trinajstić information content (AvgIpc) is 3.24. The number of carbonyl (C=O) groups is 1. The lowest BCUT2D eigenvalue weighted by atomic mass is 10.2. The molecule has 0 radical (unpaired) electrons. The molecule has 1 N–H and O–H groups in total. The van der Waals surface area contributed by atoms with Crippen LogP contribution in [0.4, 0.5) is 5.69 Å². The zero-order valence-electron chi connectivity index (χ0n) is 13.0. The third-order valence-corrected chi connectivity index (χ3v) is 4.72. The maximum absolute atomic E-state index is 12.5. The zero-order chi connectivity index (χ0) is 17.2. The highest BCUT2D eigenvalue weighted by atomic mass is 35.5. The van der Waals surface area contributed by atoms with Crippen LogP contribution in [0.15, 0.2) is 40.3 Å². The molecule has 6 nitrogen and oxygen atoms in total. The summed E-state index contributed by atoms with van der Waals surface area (Å²) in [5.74, 6) is 1.41. The Kier molecular flexibility index (Phi) is 4.33. The van der Waals surface area contributed by atoms with Gasteiger partial charge >= 0.3 is 0 Å². The van der Waals surface area contributed by atoms with Crippen LogP contribution in [0.25, 0.3) is 10.8 Å². The summed E-state index contributed by atoms with van der Waals surface area (Å²) in [6.07, 6.45) is 2.36. The number of aromatic nitrogens is 1. The lowest BCUT2D eigenvalue weighted by molar-refractivity contribution is 0.102. The van der Waals surface area contributed by atoms with Gasteiger partial charge in [-0.2, -0.15) is 0 Å². The van der Waals surface area contributed by atoms with E-state index in [9.17, 15) is 4.79 Å². The van der Waals surface area contributed by atoms with E-state index in [0.717, 1.165) is 6.42 Å². The Morgan fingerprint density at radius 1 is 1.24 bits per heavy atom. The Balaban J connectivity index is 1.56. The van der Waals surface area contributed by atoms with Crippen molar-refractivity contribution in [2.75, 3.05) is 18.5 Å². The van der Waals surface area contributed by atoms with Gasteiger partial charge in [-0.1, -0.05) is 11.6 Å². The highest BCUT2D eigenvalue weighted by Gasteiger charge is 2.18. The van der Waals surface area contributed by atoms with Gasteiger partial charge in [-0.15, -0.1) is 11.3 Å². The van der Waals surface area contributed by atoms with Gasteiger partial charge in [-0.25, -0.2) is 4.98 Å². The molecule has 25 heavy (non-hydrogen) atoms. The minimum Gasteiger partial charge on any atom is -0.490 e. The highest BCUT2D eigenvalue weighted by molar-refractivity contribution is 7.13. The molecule has 3 heterocycles. The monoisotopic (exact) mass is 376 g/mol. The SMILES string of the molecule is O=C(Nc1cc2c(cc1Cl)OCCCO2)c1csc(-c2ccco2)n1. The summed E-state index contributed by atoms with van der Waals surface area (Å²) >= 11 is 7.58. The maximum Gasteiger partial charge on any atom is 0.275 e. The standard InChI is InChI=1S/C17H13ClN2O4S/c18-10-7-14-15(24-6-2-5-23-14)8-11(10)19-16(21)12-9-25-17(20-12)13-3-1-4-22-13/h1,3-4,7-9H,2,5-6H2,(H,19,21). The van der Waals surface area contributed by atoms with Crippen molar-refractivity contribution in [3.63, 3.8) is 0 Å². The molecular weight excluding hydrogens is 364 g/mol. The van der Waals surface area contributed by atoms with Crippen molar-refractivity contribution in [2.45, 2.75) is 6.42 Å². The van der Waals surface area contributed by atoms with Gasteiger partial charge in [0.1, 0.15) is 5.69 Å². The van der Waals surface area contributed by atoms with Gasteiger partial charge < -0.3 is 19.2 Å². The third kappa shape index (κ3) is 3.33. The largest absolute Gasteiger partial charge is 0.490 e. The van der Waals surface area contributed by atoms with Crippen LogP contribution in [-0.2, 0) is 0 Å². The number of carbonyl (C=O) groups excluding carboxylic acids is 1. The van der Waals surface area contributed by atoms with Crippen LogP contribution in [0.1, 0.15) is 16.9 Å². The van der Waals surface area contributed by atoms with E-state index in [4.69, 9.17) is 25.5 Å². The molecule has 0 bridgehead atoms. The van der Waals surface area contributed by atoms with E-state index in [0.29, 0.717) is 51.9 Å². The normalized spacial score (nSPS) is 13.3. The summed E-state index contributed by atoms with van der Waals surface area (Å²) in [5, 5.41) is 5.45. The van der Waals surface area contributed by atoms with Crippen molar-refractivity contribution in [2.24, 2.45) is 0 Å². The average molecular weight is 377 g/mol. The third-order valence-electron chi connectivity index (χ3n) is 3.55. The summed E-state index contributed by atoms with van der Waals surface area (Å²) in [4.78, 5) is 16.8. The molecule has 1 aliphatic heterocycles. The number of nitrogens with one attached hydrogen (secondary N) is 1. The van der Waals surface area contributed by atoms with E-state index in [1.807, 2.05) is 0 Å². The zero-order valence-corrected chi connectivity index (χ0v) is 14.5. The van der Waals surface area contributed by atoms with Crippen LogP contribution in [0.5, 0.6) is 11.5 Å². The molecule has 8 heteroatoms. The van der Waals surface area contributed by atoms with E-state index in [1.54, 1.807) is 35.9 Å². The van der Waals surface area contributed by atoms with Gasteiger partial charge in [-0.05, 0) is 12.1 Å². The molecule has 0 unspecified atom stereocenters. The number of thiazole rings is 1. The molecule has 0 spiro atoms. The lowest BCUT2D eigenvalue weighted by Gasteiger charge is -2.12. The number of rotatable bonds is 3. The first-order chi connectivity index (χ1) is 12.2. The number of anilines is 1. The number of furan rings is 1. The van der Waals surface area contributed by atoms with Crippen LogP contribution < -0.4 is 14.8 Å². The van der Waals surface area contributed by atoms with E-state index in [-0.39, 0.29) is 5.91 Å². The second-order valence-corrected chi connectivity index (χ2v) is 6.56. The molecule has 0 fully saturated rings. The Bertz CT molecular complexity index is 908. The lowest BCUT2D eigenvalue weighted by Crippen LogP contribution is -2.12. The number of halogens is 1. The van der Waals surface area contributed by atoms with Crippen LogP contribution in [0, 0.1) is 0 Å². The molecular formula is C17H13ClN2O4S. The highest BCUT2D eigenvalue weighted by Crippen LogP contribution is 2.38. The molecule has 3 aromatic rings. The number of amides is 1. The predicted octanol–water partition coefficient (Wildman–Crippen LogP) is 4.47. The Morgan fingerprint density at radius 3 is 2.80 bits per heavy atom. The molecule has 0 atom stereocenters. The van der Waals surface area contributed by atoms with Gasteiger partial charge in [0.25, 0.3) is 5.91 Å². The minimum atomic E-state index is -0.356. The molecule has 1 aromatic carbocycles. The number of hydrogen-bond acceptors (Lipinski definition) is 6. The van der Waals surface area contributed by atoms with Crippen LogP contribution in [0.3, 0.4) is 0 Å². The van der Waals surface area contributed by atoms with Crippen LogP contribution >= 0.6 is 22.9 Å². The number of nitrogens with zero attached hydrogens (tertiary/aromatic N) is 1. The predicted molar refractivity (Wildman–Crippen MR) is 94.8 cm³/mol. The first kappa shape index (κ1) is 16.0. The molecule has 1 aliphatic rings. The first-order valence-electron chi connectivity index (χ1n) is 7.60. The van der Waals surface area contributed by atoms with Crippen molar-refractivity contribution in [1.29, 1.82) is 0 Å². The number of fused-ring (bicyclic) bond motifs is 1. The summed E-state index contributed by atoms with van der Waals surface area (Å²) in [6, 6.07) is 6.88. The number of benzene rings is 1. The number of hydrogen-bond donors (Lipinski definition) is 1. The second-order valence-electron chi connectivity index (χ2n) is 5.30. The minimum absolute atomic E-state index is 0.291. The smallest absolute Gasteiger partial charge is 0.275 e.